The molecule has 1 N–H and O–H groups in total. The van der Waals surface area contributed by atoms with E-state index in [-0.39, 0.29) is 6.04 Å². The summed E-state index contributed by atoms with van der Waals surface area (Å²) in [6.45, 7) is 8.65. The molecule has 0 amide bonds. The van der Waals surface area contributed by atoms with Gasteiger partial charge in [0.2, 0.25) is 0 Å². The van der Waals surface area contributed by atoms with E-state index in [4.69, 9.17) is 14.2 Å². The molecule has 2 atom stereocenters. The normalized spacial score (nSPS) is 18.3. The van der Waals surface area contributed by atoms with E-state index < -0.39 is 0 Å². The average molecular weight is 322 g/mol. The van der Waals surface area contributed by atoms with Crippen molar-refractivity contribution in [2.45, 2.75) is 26.3 Å². The fourth-order valence-corrected chi connectivity index (χ4v) is 3.33. The van der Waals surface area contributed by atoms with E-state index >= 15 is 0 Å². The van der Waals surface area contributed by atoms with Crippen molar-refractivity contribution in [3.05, 3.63) is 17.7 Å². The van der Waals surface area contributed by atoms with Gasteiger partial charge in [0.1, 0.15) is 17.2 Å². The molecule has 1 aliphatic heterocycles. The fraction of sp³-hybridized carbons (Fsp3) is 0.667. The van der Waals surface area contributed by atoms with Crippen LogP contribution in [0, 0.1) is 5.92 Å². The molecule has 0 saturated carbocycles. The van der Waals surface area contributed by atoms with Crippen LogP contribution in [0.2, 0.25) is 0 Å². The lowest BCUT2D eigenvalue weighted by Gasteiger charge is -2.39. The van der Waals surface area contributed by atoms with Crippen LogP contribution in [0.5, 0.6) is 17.2 Å². The van der Waals surface area contributed by atoms with Crippen molar-refractivity contribution in [3.8, 4) is 17.2 Å². The molecule has 5 heteroatoms. The van der Waals surface area contributed by atoms with Crippen molar-refractivity contribution in [2.75, 3.05) is 47.5 Å². The molecule has 2 rings (SSSR count). The minimum Gasteiger partial charge on any atom is -0.496 e. The maximum absolute atomic E-state index is 5.69. The molecule has 5 nitrogen and oxygen atoms in total. The summed E-state index contributed by atoms with van der Waals surface area (Å²) in [4.78, 5) is 2.54. The van der Waals surface area contributed by atoms with Crippen molar-refractivity contribution in [1.29, 1.82) is 0 Å². The number of benzene rings is 1. The zero-order chi connectivity index (χ0) is 16.8. The van der Waals surface area contributed by atoms with Crippen LogP contribution in [0.25, 0.3) is 0 Å². The zero-order valence-corrected chi connectivity index (χ0v) is 15.0. The summed E-state index contributed by atoms with van der Waals surface area (Å²) in [6.07, 6.45) is 1.10. The molecular formula is C18H30N2O3. The van der Waals surface area contributed by atoms with Gasteiger partial charge in [-0.15, -0.1) is 0 Å². The second-order valence-electron chi connectivity index (χ2n) is 6.06. The maximum atomic E-state index is 5.69. The molecule has 1 fully saturated rings. The molecule has 23 heavy (non-hydrogen) atoms. The predicted octanol–water partition coefficient (Wildman–Crippen LogP) is 2.70. The van der Waals surface area contributed by atoms with E-state index in [9.17, 15) is 0 Å². The summed E-state index contributed by atoms with van der Waals surface area (Å²) in [7, 11) is 5.09. The molecule has 0 spiro atoms. The third kappa shape index (κ3) is 3.90. The van der Waals surface area contributed by atoms with E-state index in [1.54, 1.807) is 21.3 Å². The highest BCUT2D eigenvalue weighted by atomic mass is 16.5. The van der Waals surface area contributed by atoms with Gasteiger partial charge in [-0.25, -0.2) is 0 Å². The molecule has 1 unspecified atom stereocenters. The van der Waals surface area contributed by atoms with Gasteiger partial charge in [0.05, 0.1) is 26.9 Å². The van der Waals surface area contributed by atoms with Gasteiger partial charge in [-0.2, -0.15) is 0 Å². The van der Waals surface area contributed by atoms with Crippen molar-refractivity contribution < 1.29 is 14.2 Å². The van der Waals surface area contributed by atoms with Gasteiger partial charge in [-0.1, -0.05) is 20.3 Å². The summed E-state index contributed by atoms with van der Waals surface area (Å²) in [5.74, 6) is 2.94. The number of methoxy groups -OCH3 is 3. The van der Waals surface area contributed by atoms with Crippen LogP contribution in [0.15, 0.2) is 12.1 Å². The maximum Gasteiger partial charge on any atom is 0.131 e. The fourth-order valence-electron chi connectivity index (χ4n) is 3.33. The minimum absolute atomic E-state index is 0.276. The first kappa shape index (κ1) is 17.9. The van der Waals surface area contributed by atoms with Crippen LogP contribution in [-0.4, -0.2) is 52.4 Å². The number of nitrogens with zero attached hydrogens (tertiary/aromatic N) is 1. The second-order valence-corrected chi connectivity index (χ2v) is 6.06. The SMILES string of the molecule is CCC(C)[C@H](c1c(OC)cc(OC)cc1OC)N1CCNCC1. The minimum atomic E-state index is 0.276. The highest BCUT2D eigenvalue weighted by Crippen LogP contribution is 2.44. The number of nitrogens with one attached hydrogen (secondary N) is 1. The predicted molar refractivity (Wildman–Crippen MR) is 92.7 cm³/mol. The van der Waals surface area contributed by atoms with Gasteiger partial charge in [-0.3, -0.25) is 4.90 Å². The zero-order valence-electron chi connectivity index (χ0n) is 15.0. The molecule has 1 aromatic rings. The Bertz CT molecular complexity index is 476. The van der Waals surface area contributed by atoms with E-state index in [0.29, 0.717) is 5.92 Å². The highest BCUT2D eigenvalue weighted by molar-refractivity contribution is 5.52. The molecule has 0 bridgehead atoms. The van der Waals surface area contributed by atoms with Gasteiger partial charge in [-0.05, 0) is 5.92 Å². The van der Waals surface area contributed by atoms with E-state index in [0.717, 1.165) is 55.4 Å². The van der Waals surface area contributed by atoms with E-state index in [2.05, 4.69) is 24.1 Å². The summed E-state index contributed by atoms with van der Waals surface area (Å²) in [5.41, 5.74) is 1.13. The van der Waals surface area contributed by atoms with Crippen LogP contribution in [-0.2, 0) is 0 Å². The summed E-state index contributed by atoms with van der Waals surface area (Å²) < 4.78 is 16.8. The summed E-state index contributed by atoms with van der Waals surface area (Å²) in [6, 6.07) is 4.18. The largest absolute Gasteiger partial charge is 0.496 e. The number of piperazine rings is 1. The van der Waals surface area contributed by atoms with Crippen LogP contribution in [0.3, 0.4) is 0 Å². The summed E-state index contributed by atoms with van der Waals surface area (Å²) >= 11 is 0. The first-order valence-electron chi connectivity index (χ1n) is 8.40. The Balaban J connectivity index is 2.51. The first-order valence-corrected chi connectivity index (χ1v) is 8.40. The van der Waals surface area contributed by atoms with E-state index in [1.807, 2.05) is 12.1 Å². The molecule has 130 valence electrons. The van der Waals surface area contributed by atoms with Gasteiger partial charge >= 0.3 is 0 Å². The summed E-state index contributed by atoms with van der Waals surface area (Å²) in [5, 5.41) is 3.43. The Morgan fingerprint density at radius 2 is 1.61 bits per heavy atom. The Labute approximate surface area is 139 Å². The Morgan fingerprint density at radius 3 is 2.04 bits per heavy atom. The number of hydrogen-bond acceptors (Lipinski definition) is 5. The lowest BCUT2D eigenvalue weighted by Crippen LogP contribution is -2.46. The lowest BCUT2D eigenvalue weighted by atomic mass is 9.89. The van der Waals surface area contributed by atoms with Gasteiger partial charge in [0, 0.05) is 44.4 Å². The average Bonchev–Trinajstić information content (AvgIpc) is 2.62. The van der Waals surface area contributed by atoms with Gasteiger partial charge in [0.15, 0.2) is 0 Å². The smallest absolute Gasteiger partial charge is 0.131 e. The van der Waals surface area contributed by atoms with E-state index in [1.165, 1.54) is 0 Å². The number of rotatable bonds is 7. The van der Waals surface area contributed by atoms with Crippen LogP contribution >= 0.6 is 0 Å². The molecular weight excluding hydrogens is 292 g/mol. The van der Waals surface area contributed by atoms with Crippen molar-refractivity contribution in [2.24, 2.45) is 5.92 Å². The van der Waals surface area contributed by atoms with Crippen LogP contribution in [0.1, 0.15) is 31.9 Å². The van der Waals surface area contributed by atoms with Crippen molar-refractivity contribution in [1.82, 2.24) is 10.2 Å². The number of hydrogen-bond donors (Lipinski definition) is 1. The van der Waals surface area contributed by atoms with Crippen molar-refractivity contribution in [3.63, 3.8) is 0 Å². The quantitative estimate of drug-likeness (QED) is 0.836. The lowest BCUT2D eigenvalue weighted by molar-refractivity contribution is 0.123. The third-order valence-electron chi connectivity index (χ3n) is 4.78. The molecule has 0 aliphatic carbocycles. The molecule has 1 heterocycles. The second kappa shape index (κ2) is 8.41. The topological polar surface area (TPSA) is 43.0 Å². The highest BCUT2D eigenvalue weighted by Gasteiger charge is 2.32. The standard InChI is InChI=1S/C18H30N2O3/c1-6-13(2)18(20-9-7-19-8-10-20)17-15(22-4)11-14(21-3)12-16(17)23-5/h11-13,18-19H,6-10H2,1-5H3/t13?,18-/m1/s1. The Hall–Kier alpha value is -1.46. The Kier molecular flexibility index (Phi) is 6.54. The van der Waals surface area contributed by atoms with Gasteiger partial charge < -0.3 is 19.5 Å². The molecule has 0 radical (unpaired) electrons. The molecule has 1 aromatic carbocycles. The van der Waals surface area contributed by atoms with Crippen LogP contribution in [0.4, 0.5) is 0 Å². The van der Waals surface area contributed by atoms with Crippen LogP contribution < -0.4 is 19.5 Å². The third-order valence-corrected chi connectivity index (χ3v) is 4.78. The molecule has 0 aromatic heterocycles. The first-order chi connectivity index (χ1) is 11.2. The van der Waals surface area contributed by atoms with Gasteiger partial charge in [0.25, 0.3) is 0 Å². The molecule has 1 aliphatic rings. The monoisotopic (exact) mass is 322 g/mol. The molecule has 1 saturated heterocycles. The number of ether oxygens (including phenoxy) is 3. The Morgan fingerprint density at radius 1 is 1.04 bits per heavy atom. The van der Waals surface area contributed by atoms with Crippen molar-refractivity contribution >= 4 is 0 Å².